The van der Waals surface area contributed by atoms with Crippen molar-refractivity contribution in [3.05, 3.63) is 94.1 Å². The van der Waals surface area contributed by atoms with Crippen molar-refractivity contribution in [1.29, 1.82) is 0 Å². The molecular weight excluding hydrogens is 808 g/mol. The number of ether oxygens (including phenoxy) is 2. The van der Waals surface area contributed by atoms with E-state index in [1.54, 1.807) is 6.08 Å². The van der Waals surface area contributed by atoms with Gasteiger partial charge in [-0.2, -0.15) is 0 Å². The van der Waals surface area contributed by atoms with Crippen molar-refractivity contribution in [1.82, 2.24) is 0 Å². The van der Waals surface area contributed by atoms with Crippen molar-refractivity contribution in [3.63, 3.8) is 0 Å². The molecular formula is C38H36N8O15. The fourth-order valence-electron chi connectivity index (χ4n) is 9.56. The lowest BCUT2D eigenvalue weighted by Crippen LogP contribution is -2.43. The lowest BCUT2D eigenvalue weighted by Gasteiger charge is -2.44. The number of nitrogens with zero attached hydrogens (tertiary/aromatic N) is 8. The number of aromatic hydroxyl groups is 1. The first-order valence-corrected chi connectivity index (χ1v) is 18.4. The summed E-state index contributed by atoms with van der Waals surface area (Å²) in [5, 5.41) is 59.5. The minimum absolute atomic E-state index is 0.000589. The van der Waals surface area contributed by atoms with E-state index in [1.165, 1.54) is 54.5 Å². The molecule has 0 bridgehead atoms. The molecule has 3 fully saturated rings. The number of imide groups is 2. The molecule has 0 spiro atoms. The second kappa shape index (κ2) is 14.8. The molecule has 3 aromatic rings. The highest BCUT2D eigenvalue weighted by Gasteiger charge is 2.63. The van der Waals surface area contributed by atoms with Crippen molar-refractivity contribution < 1.29 is 53.5 Å². The van der Waals surface area contributed by atoms with E-state index in [4.69, 9.17) is 9.47 Å². The molecule has 1 saturated carbocycles. The third-order valence-electron chi connectivity index (χ3n) is 11.8. The molecule has 1 N–H and O–H groups in total. The zero-order valence-electron chi connectivity index (χ0n) is 33.2. The standard InChI is InChI=1S/C38H36N8O15/c1-39(2)33-23(43(52)53)9-16(10-24(33)44(54)55)41-35(48)20-8-7-19-21(29(20)37(41)50)15-22-31(30(19)32-27(60-5)13-18(47)14-28(32)61-6)38(51)42(36(22)49)17-11-25(45(56)57)34(40(3)4)26(12-17)46(58)59/h7,9-14,20-22,29-31,47H,8,15H2,1-6H3. The maximum Gasteiger partial charge on any atom is 0.301 e. The first-order valence-electron chi connectivity index (χ1n) is 18.4. The summed E-state index contributed by atoms with van der Waals surface area (Å²) in [5.74, 6) is -11.1. The Morgan fingerprint density at radius 3 is 1.38 bits per heavy atom. The van der Waals surface area contributed by atoms with Crippen molar-refractivity contribution in [2.45, 2.75) is 18.8 Å². The van der Waals surface area contributed by atoms with Gasteiger partial charge in [0.2, 0.25) is 23.6 Å². The second-order valence-electron chi connectivity index (χ2n) is 15.3. The Morgan fingerprint density at radius 2 is 1.00 bits per heavy atom. The van der Waals surface area contributed by atoms with Crippen molar-refractivity contribution in [2.75, 3.05) is 62.0 Å². The van der Waals surface area contributed by atoms with Gasteiger partial charge in [0.1, 0.15) is 17.2 Å². The molecule has 2 aliphatic carbocycles. The van der Waals surface area contributed by atoms with E-state index in [0.29, 0.717) is 15.4 Å². The van der Waals surface area contributed by atoms with Gasteiger partial charge in [-0.3, -0.25) is 59.6 Å². The third kappa shape index (κ3) is 6.26. The van der Waals surface area contributed by atoms with Gasteiger partial charge in [0, 0.05) is 76.1 Å². The summed E-state index contributed by atoms with van der Waals surface area (Å²) in [7, 11) is 7.95. The van der Waals surface area contributed by atoms with Crippen LogP contribution in [0, 0.1) is 70.0 Å². The predicted octanol–water partition coefficient (Wildman–Crippen LogP) is 4.22. The summed E-state index contributed by atoms with van der Waals surface area (Å²) in [6.07, 6.45) is 1.25. The van der Waals surface area contributed by atoms with Crippen molar-refractivity contribution in [3.8, 4) is 17.2 Å². The van der Waals surface area contributed by atoms with Crippen LogP contribution >= 0.6 is 0 Å². The molecule has 7 rings (SSSR count). The molecule has 6 atom stereocenters. The molecule has 23 nitrogen and oxygen atoms in total. The van der Waals surface area contributed by atoms with Crippen LogP contribution in [0.25, 0.3) is 0 Å². The molecule has 2 saturated heterocycles. The van der Waals surface area contributed by atoms with Gasteiger partial charge < -0.3 is 24.4 Å². The Bertz CT molecular complexity index is 2460. The summed E-state index contributed by atoms with van der Waals surface area (Å²) in [5.41, 5.74) is -4.14. The maximum absolute atomic E-state index is 14.8. The van der Waals surface area contributed by atoms with Gasteiger partial charge in [0.05, 0.1) is 69.0 Å². The average Bonchev–Trinajstić information content (AvgIpc) is 3.61. The molecule has 61 heavy (non-hydrogen) atoms. The van der Waals surface area contributed by atoms with E-state index in [-0.39, 0.29) is 41.3 Å². The van der Waals surface area contributed by atoms with Gasteiger partial charge in [-0.1, -0.05) is 11.6 Å². The molecule has 2 aliphatic heterocycles. The maximum atomic E-state index is 14.8. The van der Waals surface area contributed by atoms with E-state index in [9.17, 15) is 64.7 Å². The number of rotatable bonds is 11. The Morgan fingerprint density at radius 1 is 0.607 bits per heavy atom. The Balaban J connectivity index is 1.41. The number of hydrogen-bond donors (Lipinski definition) is 1. The highest BCUT2D eigenvalue weighted by atomic mass is 16.6. The van der Waals surface area contributed by atoms with Crippen LogP contribution in [0.2, 0.25) is 0 Å². The van der Waals surface area contributed by atoms with E-state index in [0.717, 1.165) is 34.1 Å². The molecule has 23 heteroatoms. The van der Waals surface area contributed by atoms with Crippen molar-refractivity contribution in [2.24, 2.45) is 29.6 Å². The van der Waals surface area contributed by atoms with Crippen LogP contribution in [-0.2, 0) is 19.2 Å². The number of phenols is 1. The fraction of sp³-hybridized carbons (Fsp3) is 0.368. The molecule has 2 heterocycles. The Kier molecular flexibility index (Phi) is 10.1. The zero-order chi connectivity index (χ0) is 44.7. The normalized spacial score (nSPS) is 22.9. The number of phenolic OH excluding ortho intramolecular Hbond substituents is 1. The minimum Gasteiger partial charge on any atom is -0.508 e. The lowest BCUT2D eigenvalue weighted by atomic mass is 9.57. The summed E-state index contributed by atoms with van der Waals surface area (Å²) < 4.78 is 11.3. The van der Waals surface area contributed by atoms with Gasteiger partial charge in [0.25, 0.3) is 0 Å². The van der Waals surface area contributed by atoms with Crippen LogP contribution < -0.4 is 29.1 Å². The number of methoxy groups -OCH3 is 2. The van der Waals surface area contributed by atoms with Gasteiger partial charge >= 0.3 is 22.7 Å². The first kappa shape index (κ1) is 41.4. The quantitative estimate of drug-likeness (QED) is 0.122. The van der Waals surface area contributed by atoms with Crippen LogP contribution in [0.3, 0.4) is 0 Å². The third-order valence-corrected chi connectivity index (χ3v) is 11.8. The Hall–Kier alpha value is -7.72. The number of hydrogen-bond acceptors (Lipinski definition) is 17. The molecule has 4 aliphatic rings. The number of carbonyl (C=O) groups is 4. The number of benzene rings is 3. The van der Waals surface area contributed by atoms with E-state index in [1.807, 2.05) is 0 Å². The molecule has 4 amide bonds. The highest BCUT2D eigenvalue weighted by molar-refractivity contribution is 6.24. The monoisotopic (exact) mass is 844 g/mol. The van der Waals surface area contributed by atoms with E-state index in [2.05, 4.69) is 0 Å². The minimum atomic E-state index is -1.35. The number of allylic oxidation sites excluding steroid dienone is 2. The smallest absolute Gasteiger partial charge is 0.301 e. The number of fused-ring (bicyclic) bond motifs is 4. The summed E-state index contributed by atoms with van der Waals surface area (Å²) in [4.78, 5) is 108. The number of carbonyl (C=O) groups excluding carboxylic acids is 4. The first-order chi connectivity index (χ1) is 28.7. The number of anilines is 4. The summed E-state index contributed by atoms with van der Waals surface area (Å²) in [6, 6.07) is 6.02. The molecule has 0 radical (unpaired) electrons. The molecule has 3 aromatic carbocycles. The van der Waals surface area contributed by atoms with E-state index < -0.39 is 119 Å². The number of nitro benzene ring substituents is 4. The average molecular weight is 845 g/mol. The topological polar surface area (TPSA) is 292 Å². The summed E-state index contributed by atoms with van der Waals surface area (Å²) >= 11 is 0. The second-order valence-corrected chi connectivity index (χ2v) is 15.3. The predicted molar refractivity (Wildman–Crippen MR) is 212 cm³/mol. The molecule has 6 unspecified atom stereocenters. The highest BCUT2D eigenvalue weighted by Crippen LogP contribution is 2.61. The Labute approximate surface area is 343 Å². The van der Waals surface area contributed by atoms with Gasteiger partial charge in [-0.15, -0.1) is 0 Å². The zero-order valence-corrected chi connectivity index (χ0v) is 33.2. The number of nitro groups is 4. The molecule has 0 aromatic heterocycles. The van der Waals surface area contributed by atoms with Gasteiger partial charge in [0.15, 0.2) is 11.4 Å². The van der Waals surface area contributed by atoms with Gasteiger partial charge in [-0.05, 0) is 18.8 Å². The van der Waals surface area contributed by atoms with E-state index >= 15 is 0 Å². The summed E-state index contributed by atoms with van der Waals surface area (Å²) in [6.45, 7) is 0. The van der Waals surface area contributed by atoms with Crippen molar-refractivity contribution >= 4 is 69.1 Å². The number of amides is 4. The van der Waals surface area contributed by atoms with Gasteiger partial charge in [-0.25, -0.2) is 9.80 Å². The largest absolute Gasteiger partial charge is 0.508 e. The molecule has 318 valence electrons. The van der Waals surface area contributed by atoms with Crippen LogP contribution in [0.15, 0.2) is 48.0 Å². The lowest BCUT2D eigenvalue weighted by molar-refractivity contribution is -0.392. The van der Waals surface area contributed by atoms with Crippen LogP contribution in [0.5, 0.6) is 17.2 Å². The van der Waals surface area contributed by atoms with Crippen LogP contribution in [0.1, 0.15) is 24.3 Å². The van der Waals surface area contributed by atoms with Crippen LogP contribution in [0.4, 0.5) is 45.5 Å². The van der Waals surface area contributed by atoms with Crippen LogP contribution in [-0.4, -0.2) is 90.8 Å². The fourth-order valence-corrected chi connectivity index (χ4v) is 9.56. The SMILES string of the molecule is COc1cc(O)cc(OC)c1C1C2=CCC3C(=O)N(c4cc([N+](=O)[O-])c(N(C)C)c([N+](=O)[O-])c4)C(=O)C3C2CC2C(=O)N(c3cc([N+](=O)[O-])c(N(C)C)c([N+](=O)[O-])c3)C(=O)C21.